The number of anilines is 1. The van der Waals surface area contributed by atoms with E-state index in [2.05, 4.69) is 5.32 Å². The van der Waals surface area contributed by atoms with Crippen LogP contribution in [0.25, 0.3) is 0 Å². The van der Waals surface area contributed by atoms with Crippen LogP contribution in [0.2, 0.25) is 0 Å². The number of ether oxygens (including phenoxy) is 2. The molecule has 1 N–H and O–H groups in total. The highest BCUT2D eigenvalue weighted by atomic mass is 16.5. The normalized spacial score (nSPS) is 12.5. The molecule has 0 radical (unpaired) electrons. The van der Waals surface area contributed by atoms with Crippen molar-refractivity contribution in [3.8, 4) is 11.5 Å². The fraction of sp³-hybridized carbons (Fsp3) is 0.222. The van der Waals surface area contributed by atoms with Crippen molar-refractivity contribution in [3.63, 3.8) is 0 Å². The number of fused-ring (bicyclic) bond motifs is 1. The number of carbonyl (C=O) groups is 3. The van der Waals surface area contributed by atoms with Crippen LogP contribution >= 0.6 is 0 Å². The van der Waals surface area contributed by atoms with Crippen molar-refractivity contribution < 1.29 is 23.9 Å². The summed E-state index contributed by atoms with van der Waals surface area (Å²) >= 11 is 0. The molecule has 0 saturated heterocycles. The van der Waals surface area contributed by atoms with Crippen LogP contribution in [0.4, 0.5) is 5.69 Å². The molecule has 0 unspecified atom stereocenters. The van der Waals surface area contributed by atoms with Crippen LogP contribution in [-0.4, -0.2) is 38.0 Å². The Balaban J connectivity index is 1.38. The van der Waals surface area contributed by atoms with Crippen LogP contribution in [0.1, 0.15) is 50.0 Å². The zero-order chi connectivity index (χ0) is 24.1. The van der Waals surface area contributed by atoms with Crippen LogP contribution in [0.15, 0.2) is 66.7 Å². The molecule has 0 fully saturated rings. The van der Waals surface area contributed by atoms with Crippen LogP contribution in [0, 0.1) is 0 Å². The lowest BCUT2D eigenvalue weighted by molar-refractivity contribution is 0.0923. The smallest absolute Gasteiger partial charge is 0.266 e. The number of aryl methyl sites for hydroxylation is 1. The maximum atomic E-state index is 13.0. The van der Waals surface area contributed by atoms with Gasteiger partial charge >= 0.3 is 0 Å². The number of imide groups is 1. The largest absolute Gasteiger partial charge is 0.497 e. The monoisotopic (exact) mass is 458 g/mol. The van der Waals surface area contributed by atoms with Crippen molar-refractivity contribution in [3.05, 3.63) is 89.0 Å². The third-order valence-electron chi connectivity index (χ3n) is 5.64. The van der Waals surface area contributed by atoms with E-state index in [1.807, 2.05) is 31.2 Å². The van der Waals surface area contributed by atoms with Crippen LogP contribution in [-0.2, 0) is 6.42 Å². The maximum absolute atomic E-state index is 13.0. The van der Waals surface area contributed by atoms with Gasteiger partial charge < -0.3 is 14.8 Å². The second kappa shape index (κ2) is 10.2. The molecule has 0 bridgehead atoms. The number of hydrogen-bond donors (Lipinski definition) is 1. The van der Waals surface area contributed by atoms with E-state index in [1.165, 1.54) is 12.1 Å². The summed E-state index contributed by atoms with van der Waals surface area (Å²) in [5.41, 5.74) is 2.47. The number of benzene rings is 3. The predicted molar refractivity (Wildman–Crippen MR) is 129 cm³/mol. The molecule has 34 heavy (non-hydrogen) atoms. The first kappa shape index (κ1) is 23.0. The second-order valence-electron chi connectivity index (χ2n) is 7.84. The minimum atomic E-state index is -0.446. The fourth-order valence-corrected chi connectivity index (χ4v) is 3.86. The van der Waals surface area contributed by atoms with Gasteiger partial charge in [0.1, 0.15) is 11.5 Å². The molecule has 3 aromatic carbocycles. The summed E-state index contributed by atoms with van der Waals surface area (Å²) in [6.07, 6.45) is 1.59. The Kier molecular flexibility index (Phi) is 6.92. The van der Waals surface area contributed by atoms with Crippen molar-refractivity contribution in [2.45, 2.75) is 19.8 Å². The van der Waals surface area contributed by atoms with Crippen molar-refractivity contribution in [1.29, 1.82) is 0 Å². The van der Waals surface area contributed by atoms with Crippen LogP contribution < -0.4 is 19.7 Å². The van der Waals surface area contributed by atoms with E-state index in [-0.39, 0.29) is 17.0 Å². The summed E-state index contributed by atoms with van der Waals surface area (Å²) in [7, 11) is 1.63. The van der Waals surface area contributed by atoms with Crippen LogP contribution in [0.5, 0.6) is 11.5 Å². The number of methoxy groups -OCH3 is 1. The average molecular weight is 459 g/mol. The number of rotatable bonds is 9. The maximum Gasteiger partial charge on any atom is 0.266 e. The van der Waals surface area contributed by atoms with Crippen molar-refractivity contribution >= 4 is 23.4 Å². The number of nitrogens with one attached hydrogen (secondary N) is 1. The van der Waals surface area contributed by atoms with Gasteiger partial charge in [-0.2, -0.15) is 0 Å². The molecule has 1 aliphatic rings. The molecule has 3 amide bonds. The Hall–Kier alpha value is -4.13. The van der Waals surface area contributed by atoms with Gasteiger partial charge in [-0.1, -0.05) is 12.1 Å². The van der Waals surface area contributed by atoms with Crippen molar-refractivity contribution in [1.82, 2.24) is 5.32 Å². The van der Waals surface area contributed by atoms with E-state index in [4.69, 9.17) is 9.47 Å². The van der Waals surface area contributed by atoms with Gasteiger partial charge in [0, 0.05) is 12.1 Å². The molecule has 0 saturated carbocycles. The number of hydrogen-bond acceptors (Lipinski definition) is 5. The van der Waals surface area contributed by atoms with Gasteiger partial charge in [-0.3, -0.25) is 14.4 Å². The summed E-state index contributed by atoms with van der Waals surface area (Å²) in [6.45, 7) is 2.90. The lowest BCUT2D eigenvalue weighted by Crippen LogP contribution is -2.29. The summed E-state index contributed by atoms with van der Waals surface area (Å²) < 4.78 is 10.6. The predicted octanol–water partition coefficient (Wildman–Crippen LogP) is 4.26. The second-order valence-corrected chi connectivity index (χ2v) is 7.84. The Labute approximate surface area is 198 Å². The topological polar surface area (TPSA) is 84.9 Å². The van der Waals surface area contributed by atoms with E-state index in [1.54, 1.807) is 37.4 Å². The van der Waals surface area contributed by atoms with Crippen molar-refractivity contribution in [2.24, 2.45) is 0 Å². The van der Waals surface area contributed by atoms with Gasteiger partial charge in [0.15, 0.2) is 0 Å². The zero-order valence-corrected chi connectivity index (χ0v) is 19.2. The first-order valence-corrected chi connectivity index (χ1v) is 11.2. The molecule has 7 heteroatoms. The molecule has 1 heterocycles. The van der Waals surface area contributed by atoms with Gasteiger partial charge in [-0.25, -0.2) is 4.90 Å². The highest BCUT2D eigenvalue weighted by Gasteiger charge is 2.37. The minimum Gasteiger partial charge on any atom is -0.497 e. The summed E-state index contributed by atoms with van der Waals surface area (Å²) in [5, 5.41) is 2.88. The molecular formula is C27H26N2O5. The van der Waals surface area contributed by atoms with Gasteiger partial charge in [0.25, 0.3) is 17.7 Å². The van der Waals surface area contributed by atoms with E-state index in [0.29, 0.717) is 30.2 Å². The van der Waals surface area contributed by atoms with Gasteiger partial charge in [0.05, 0.1) is 30.5 Å². The van der Waals surface area contributed by atoms with Crippen molar-refractivity contribution in [2.75, 3.05) is 25.2 Å². The van der Waals surface area contributed by atoms with Gasteiger partial charge in [-0.15, -0.1) is 0 Å². The van der Waals surface area contributed by atoms with E-state index < -0.39 is 11.8 Å². The molecule has 4 rings (SSSR count). The van der Waals surface area contributed by atoms with E-state index in [9.17, 15) is 14.4 Å². The first-order chi connectivity index (χ1) is 16.5. The lowest BCUT2D eigenvalue weighted by Gasteiger charge is -2.14. The molecule has 1 aliphatic heterocycles. The first-order valence-electron chi connectivity index (χ1n) is 11.2. The molecular weight excluding hydrogens is 432 g/mol. The average Bonchev–Trinajstić information content (AvgIpc) is 3.12. The quantitative estimate of drug-likeness (QED) is 0.383. The Morgan fingerprint density at radius 3 is 2.24 bits per heavy atom. The van der Waals surface area contributed by atoms with Gasteiger partial charge in [-0.05, 0) is 79.9 Å². The molecule has 0 spiro atoms. The number of nitrogens with zero attached hydrogens (tertiary/aromatic N) is 1. The summed E-state index contributed by atoms with van der Waals surface area (Å²) in [5.74, 6) is 0.336. The highest BCUT2D eigenvalue weighted by Crippen LogP contribution is 2.30. The Morgan fingerprint density at radius 1 is 0.882 bits per heavy atom. The standard InChI is InChI=1S/C27H26N2O5/c1-3-34-22-13-9-20(10-14-22)29-26(31)23-15-8-19(17-24(23)27(29)32)25(30)28-16-4-5-18-6-11-21(33-2)12-7-18/h6-15,17H,3-5,16H2,1-2H3,(H,28,30). The SMILES string of the molecule is CCOc1ccc(N2C(=O)c3ccc(C(=O)NCCCc4ccc(OC)cc4)cc3C2=O)cc1. The third kappa shape index (κ3) is 4.78. The molecule has 174 valence electrons. The molecule has 0 atom stereocenters. The summed E-state index contributed by atoms with van der Waals surface area (Å²) in [6, 6.07) is 19.2. The fourth-order valence-electron chi connectivity index (χ4n) is 3.86. The zero-order valence-electron chi connectivity index (χ0n) is 19.2. The van der Waals surface area contributed by atoms with Crippen LogP contribution in [0.3, 0.4) is 0 Å². The number of amides is 3. The molecule has 0 aromatic heterocycles. The van der Waals surface area contributed by atoms with E-state index in [0.717, 1.165) is 29.1 Å². The molecule has 7 nitrogen and oxygen atoms in total. The molecule has 0 aliphatic carbocycles. The summed E-state index contributed by atoms with van der Waals surface area (Å²) in [4.78, 5) is 39.6. The number of carbonyl (C=O) groups excluding carboxylic acids is 3. The minimum absolute atomic E-state index is 0.227. The third-order valence-corrected chi connectivity index (χ3v) is 5.64. The van der Waals surface area contributed by atoms with Gasteiger partial charge in [0.2, 0.25) is 0 Å². The Bertz CT molecular complexity index is 1200. The van der Waals surface area contributed by atoms with E-state index >= 15 is 0 Å². The lowest BCUT2D eigenvalue weighted by atomic mass is 10.1. The Morgan fingerprint density at radius 2 is 1.56 bits per heavy atom. The molecule has 3 aromatic rings. The highest BCUT2D eigenvalue weighted by molar-refractivity contribution is 6.34.